The van der Waals surface area contributed by atoms with Gasteiger partial charge in [0, 0.05) is 25.5 Å². The van der Waals surface area contributed by atoms with Gasteiger partial charge in [-0.1, -0.05) is 42.0 Å². The predicted octanol–water partition coefficient (Wildman–Crippen LogP) is 4.24. The van der Waals surface area contributed by atoms with Crippen molar-refractivity contribution in [1.29, 1.82) is 0 Å². The Kier molecular flexibility index (Phi) is 7.07. The lowest BCUT2D eigenvalue weighted by Crippen LogP contribution is -2.35. The molecular formula is C28H29N3O3. The van der Waals surface area contributed by atoms with Gasteiger partial charge in [-0.2, -0.15) is 0 Å². The second-order valence-corrected chi connectivity index (χ2v) is 8.32. The predicted molar refractivity (Wildman–Crippen MR) is 132 cm³/mol. The van der Waals surface area contributed by atoms with Gasteiger partial charge in [0.15, 0.2) is 0 Å². The van der Waals surface area contributed by atoms with E-state index in [0.29, 0.717) is 24.4 Å². The molecule has 6 heteroatoms. The molecule has 2 heterocycles. The second-order valence-electron chi connectivity index (χ2n) is 8.32. The van der Waals surface area contributed by atoms with Crippen molar-refractivity contribution in [3.05, 3.63) is 101 Å². The zero-order valence-corrected chi connectivity index (χ0v) is 19.8. The molecule has 6 nitrogen and oxygen atoms in total. The van der Waals surface area contributed by atoms with E-state index in [-0.39, 0.29) is 18.4 Å². The number of methoxy groups -OCH3 is 1. The first-order valence-electron chi connectivity index (χ1n) is 11.5. The molecule has 1 aromatic heterocycles. The highest BCUT2D eigenvalue weighted by Gasteiger charge is 2.41. The number of amides is 2. The van der Waals surface area contributed by atoms with E-state index in [1.807, 2.05) is 79.4 Å². The number of imide groups is 1. The third-order valence-corrected chi connectivity index (χ3v) is 6.10. The number of carbonyl (C=O) groups excluding carboxylic acids is 2. The van der Waals surface area contributed by atoms with Crippen molar-refractivity contribution in [3.63, 3.8) is 0 Å². The Morgan fingerprint density at radius 1 is 0.882 bits per heavy atom. The van der Waals surface area contributed by atoms with E-state index in [2.05, 4.69) is 4.98 Å². The number of benzene rings is 2. The summed E-state index contributed by atoms with van der Waals surface area (Å²) in [5.74, 6) is 0.213. The summed E-state index contributed by atoms with van der Waals surface area (Å²) in [6, 6.07) is 19.2. The van der Waals surface area contributed by atoms with Crippen LogP contribution in [-0.4, -0.2) is 46.8 Å². The molecule has 2 aromatic carbocycles. The van der Waals surface area contributed by atoms with Crippen LogP contribution in [0.3, 0.4) is 0 Å². The first kappa shape index (κ1) is 23.2. The molecule has 3 aromatic rings. The normalized spacial score (nSPS) is 13.6. The molecule has 0 unspecified atom stereocenters. The van der Waals surface area contributed by atoms with Crippen LogP contribution in [0.2, 0.25) is 0 Å². The molecule has 1 aliphatic heterocycles. The van der Waals surface area contributed by atoms with E-state index in [9.17, 15) is 9.59 Å². The third-order valence-electron chi connectivity index (χ3n) is 6.10. The summed E-state index contributed by atoms with van der Waals surface area (Å²) in [4.78, 5) is 34.7. The van der Waals surface area contributed by atoms with E-state index >= 15 is 0 Å². The van der Waals surface area contributed by atoms with Crippen molar-refractivity contribution in [2.75, 3.05) is 20.2 Å². The average Bonchev–Trinajstić information content (AvgIpc) is 3.11. The first-order valence-corrected chi connectivity index (χ1v) is 11.5. The maximum atomic E-state index is 13.7. The van der Waals surface area contributed by atoms with Crippen LogP contribution in [0.1, 0.15) is 29.2 Å². The van der Waals surface area contributed by atoms with Crippen molar-refractivity contribution in [3.8, 4) is 5.75 Å². The topological polar surface area (TPSA) is 62.7 Å². The number of aromatic nitrogens is 1. The van der Waals surface area contributed by atoms with E-state index in [0.717, 1.165) is 34.4 Å². The molecule has 1 aliphatic rings. The Balaban J connectivity index is 1.67. The van der Waals surface area contributed by atoms with E-state index < -0.39 is 0 Å². The molecular weight excluding hydrogens is 426 g/mol. The van der Waals surface area contributed by atoms with Crippen LogP contribution >= 0.6 is 0 Å². The lowest BCUT2D eigenvalue weighted by molar-refractivity contribution is -0.138. The number of hydrogen-bond donors (Lipinski definition) is 0. The highest BCUT2D eigenvalue weighted by molar-refractivity contribution is 6.35. The summed E-state index contributed by atoms with van der Waals surface area (Å²) >= 11 is 0. The minimum Gasteiger partial charge on any atom is -0.497 e. The molecule has 2 amide bonds. The number of aryl methyl sites for hydroxylation is 1. The fraction of sp³-hybridized carbons (Fsp3) is 0.250. The van der Waals surface area contributed by atoms with Gasteiger partial charge in [-0.05, 0) is 61.2 Å². The van der Waals surface area contributed by atoms with Gasteiger partial charge in [0.2, 0.25) is 0 Å². The molecule has 4 rings (SSSR count). The van der Waals surface area contributed by atoms with E-state index in [1.54, 1.807) is 19.5 Å². The standard InChI is InChI=1S/C28H29N3O3/c1-4-30(18-15-21-13-16-29-17-14-21)26-25(23-9-5-20(2)6-10-23)27(32)31(28(26)33)19-22-7-11-24(34-3)12-8-22/h5-14,16-17H,4,15,18-19H2,1-3H3. The van der Waals surface area contributed by atoms with Crippen molar-refractivity contribution < 1.29 is 14.3 Å². The number of hydrogen-bond acceptors (Lipinski definition) is 5. The van der Waals surface area contributed by atoms with Crippen LogP contribution in [-0.2, 0) is 22.6 Å². The Morgan fingerprint density at radius 2 is 1.56 bits per heavy atom. The second kappa shape index (κ2) is 10.3. The highest BCUT2D eigenvalue weighted by Crippen LogP contribution is 2.33. The zero-order chi connectivity index (χ0) is 24.1. The molecule has 0 fully saturated rings. The molecule has 0 aliphatic carbocycles. The number of ether oxygens (including phenoxy) is 1. The Morgan fingerprint density at radius 3 is 2.18 bits per heavy atom. The summed E-state index contributed by atoms with van der Waals surface area (Å²) in [5, 5.41) is 0. The molecule has 0 bridgehead atoms. The number of carbonyl (C=O) groups is 2. The van der Waals surface area contributed by atoms with Gasteiger partial charge in [0.1, 0.15) is 11.4 Å². The average molecular weight is 456 g/mol. The number of nitrogens with zero attached hydrogens (tertiary/aromatic N) is 3. The Labute approximate surface area is 200 Å². The van der Waals surface area contributed by atoms with Gasteiger partial charge in [-0.3, -0.25) is 19.5 Å². The van der Waals surface area contributed by atoms with Gasteiger partial charge in [-0.15, -0.1) is 0 Å². The highest BCUT2D eigenvalue weighted by atomic mass is 16.5. The zero-order valence-electron chi connectivity index (χ0n) is 19.8. The van der Waals surface area contributed by atoms with E-state index in [4.69, 9.17) is 4.74 Å². The molecule has 0 spiro atoms. The van der Waals surface area contributed by atoms with Gasteiger partial charge < -0.3 is 9.64 Å². The summed E-state index contributed by atoms with van der Waals surface area (Å²) in [5.41, 5.74) is 4.81. The Hall–Kier alpha value is -3.93. The largest absolute Gasteiger partial charge is 0.497 e. The van der Waals surface area contributed by atoms with Crippen LogP contribution in [0.4, 0.5) is 0 Å². The number of pyridine rings is 1. The fourth-order valence-electron chi connectivity index (χ4n) is 4.14. The number of rotatable bonds is 9. The summed E-state index contributed by atoms with van der Waals surface area (Å²) < 4.78 is 5.23. The summed E-state index contributed by atoms with van der Waals surface area (Å²) in [6.45, 7) is 5.47. The van der Waals surface area contributed by atoms with Crippen LogP contribution in [0.5, 0.6) is 5.75 Å². The summed E-state index contributed by atoms with van der Waals surface area (Å²) in [6.07, 6.45) is 4.29. The van der Waals surface area contributed by atoms with Crippen molar-refractivity contribution >= 4 is 17.4 Å². The quantitative estimate of drug-likeness (QED) is 0.452. The number of likely N-dealkylation sites (N-methyl/N-ethyl adjacent to an activating group) is 1. The Bertz CT molecular complexity index is 1190. The van der Waals surface area contributed by atoms with Crippen LogP contribution in [0.25, 0.3) is 5.57 Å². The molecule has 174 valence electrons. The first-order chi connectivity index (χ1) is 16.5. The van der Waals surface area contributed by atoms with Crippen molar-refractivity contribution in [2.45, 2.75) is 26.8 Å². The summed E-state index contributed by atoms with van der Waals surface area (Å²) in [7, 11) is 1.61. The molecule has 0 saturated heterocycles. The molecule has 0 saturated carbocycles. The van der Waals surface area contributed by atoms with Crippen molar-refractivity contribution in [2.24, 2.45) is 0 Å². The SMILES string of the molecule is CCN(CCc1ccncc1)C1=C(c2ccc(C)cc2)C(=O)N(Cc2ccc(OC)cc2)C1=O. The van der Waals surface area contributed by atoms with Crippen molar-refractivity contribution in [1.82, 2.24) is 14.8 Å². The monoisotopic (exact) mass is 455 g/mol. The maximum absolute atomic E-state index is 13.7. The van der Waals surface area contributed by atoms with E-state index in [1.165, 1.54) is 4.90 Å². The lowest BCUT2D eigenvalue weighted by Gasteiger charge is -2.25. The fourth-order valence-corrected chi connectivity index (χ4v) is 4.14. The van der Waals surface area contributed by atoms with Gasteiger partial charge in [-0.25, -0.2) is 0 Å². The van der Waals surface area contributed by atoms with Crippen LogP contribution in [0.15, 0.2) is 78.8 Å². The molecule has 34 heavy (non-hydrogen) atoms. The third kappa shape index (κ3) is 4.86. The minimum atomic E-state index is -0.262. The van der Waals surface area contributed by atoms with Crippen LogP contribution < -0.4 is 4.74 Å². The van der Waals surface area contributed by atoms with Crippen LogP contribution in [0, 0.1) is 6.92 Å². The molecule has 0 N–H and O–H groups in total. The van der Waals surface area contributed by atoms with Gasteiger partial charge in [0.25, 0.3) is 11.8 Å². The van der Waals surface area contributed by atoms with Gasteiger partial charge >= 0.3 is 0 Å². The smallest absolute Gasteiger partial charge is 0.278 e. The molecule has 0 atom stereocenters. The maximum Gasteiger partial charge on any atom is 0.278 e. The molecule has 0 radical (unpaired) electrons. The lowest BCUT2D eigenvalue weighted by atomic mass is 10.0. The minimum absolute atomic E-state index is 0.211. The van der Waals surface area contributed by atoms with Gasteiger partial charge in [0.05, 0.1) is 19.2 Å².